The molecule has 4 aromatic rings. The smallest absolute Gasteiger partial charge is 0.226 e. The number of likely N-dealkylation sites (tertiary alicyclic amines) is 1. The van der Waals surface area contributed by atoms with Crippen molar-refractivity contribution in [3.8, 4) is 11.5 Å². The van der Waals surface area contributed by atoms with Crippen molar-refractivity contribution in [2.24, 2.45) is 0 Å². The van der Waals surface area contributed by atoms with E-state index >= 15 is 0 Å². The highest BCUT2D eigenvalue weighted by Gasteiger charge is 2.14. The van der Waals surface area contributed by atoms with E-state index in [1.165, 1.54) is 42.4 Å². The highest BCUT2D eigenvalue weighted by Crippen LogP contribution is 2.22. The fourth-order valence-electron chi connectivity index (χ4n) is 3.91. The van der Waals surface area contributed by atoms with Crippen molar-refractivity contribution in [2.75, 3.05) is 13.1 Å². The SMILES string of the molecule is c1ccc2c(c1)ccn2Cc1ccc(-c2nc(CN3CCCC3)co2)cc1. The minimum absolute atomic E-state index is 0.710. The Morgan fingerprint density at radius 2 is 1.70 bits per heavy atom. The second-order valence-electron chi connectivity index (χ2n) is 7.33. The van der Waals surface area contributed by atoms with Crippen LogP contribution >= 0.6 is 0 Å². The zero-order valence-electron chi connectivity index (χ0n) is 15.3. The molecule has 0 amide bonds. The molecule has 2 aromatic heterocycles. The van der Waals surface area contributed by atoms with Gasteiger partial charge in [-0.3, -0.25) is 4.90 Å². The third kappa shape index (κ3) is 3.40. The normalized spacial score (nSPS) is 15.0. The van der Waals surface area contributed by atoms with Gasteiger partial charge in [-0.25, -0.2) is 4.98 Å². The van der Waals surface area contributed by atoms with E-state index in [4.69, 9.17) is 4.42 Å². The first-order chi connectivity index (χ1) is 13.3. The van der Waals surface area contributed by atoms with Gasteiger partial charge in [0.2, 0.25) is 5.89 Å². The number of hydrogen-bond acceptors (Lipinski definition) is 3. The summed E-state index contributed by atoms with van der Waals surface area (Å²) >= 11 is 0. The molecule has 5 rings (SSSR count). The third-order valence-corrected chi connectivity index (χ3v) is 5.37. The standard InChI is InChI=1S/C23H23N3O/c1-2-6-22-19(5-1)11-14-26(22)15-18-7-9-20(10-8-18)23-24-21(17-27-23)16-25-12-3-4-13-25/h1-2,5-11,14,17H,3-4,12-13,15-16H2. The highest BCUT2D eigenvalue weighted by atomic mass is 16.3. The highest BCUT2D eigenvalue weighted by molar-refractivity contribution is 5.80. The zero-order valence-corrected chi connectivity index (χ0v) is 15.3. The molecule has 0 radical (unpaired) electrons. The molecule has 3 heterocycles. The van der Waals surface area contributed by atoms with Crippen molar-refractivity contribution in [2.45, 2.75) is 25.9 Å². The molecule has 0 atom stereocenters. The number of para-hydroxylation sites is 1. The van der Waals surface area contributed by atoms with Gasteiger partial charge >= 0.3 is 0 Å². The lowest BCUT2D eigenvalue weighted by Crippen LogP contribution is -2.18. The van der Waals surface area contributed by atoms with Gasteiger partial charge in [-0.15, -0.1) is 0 Å². The van der Waals surface area contributed by atoms with Crippen molar-refractivity contribution in [1.29, 1.82) is 0 Å². The Kier molecular flexibility index (Phi) is 4.26. The quantitative estimate of drug-likeness (QED) is 0.507. The van der Waals surface area contributed by atoms with E-state index in [0.717, 1.165) is 24.3 Å². The molecule has 136 valence electrons. The molecule has 0 unspecified atom stereocenters. The lowest BCUT2D eigenvalue weighted by molar-refractivity contribution is 0.327. The van der Waals surface area contributed by atoms with Gasteiger partial charge in [-0.2, -0.15) is 0 Å². The van der Waals surface area contributed by atoms with E-state index in [0.29, 0.717) is 5.89 Å². The Morgan fingerprint density at radius 3 is 2.56 bits per heavy atom. The summed E-state index contributed by atoms with van der Waals surface area (Å²) < 4.78 is 8.00. The van der Waals surface area contributed by atoms with Crippen molar-refractivity contribution < 1.29 is 4.42 Å². The molecule has 1 fully saturated rings. The molecule has 27 heavy (non-hydrogen) atoms. The minimum Gasteiger partial charge on any atom is -0.444 e. The van der Waals surface area contributed by atoms with Crippen LogP contribution in [0.4, 0.5) is 0 Å². The number of rotatable bonds is 5. The monoisotopic (exact) mass is 357 g/mol. The van der Waals surface area contributed by atoms with Gasteiger partial charge in [-0.1, -0.05) is 30.3 Å². The molecular weight excluding hydrogens is 334 g/mol. The molecule has 1 aliphatic rings. The van der Waals surface area contributed by atoms with Gasteiger partial charge in [0.1, 0.15) is 6.26 Å². The Balaban J connectivity index is 1.31. The van der Waals surface area contributed by atoms with Gasteiger partial charge in [0.25, 0.3) is 0 Å². The van der Waals surface area contributed by atoms with Gasteiger partial charge in [0.05, 0.1) is 5.69 Å². The first kappa shape index (κ1) is 16.3. The number of aromatic nitrogens is 2. The number of benzene rings is 2. The molecule has 4 nitrogen and oxygen atoms in total. The van der Waals surface area contributed by atoms with Gasteiger partial charge in [-0.05, 0) is 61.1 Å². The minimum atomic E-state index is 0.710. The molecule has 0 bridgehead atoms. The lowest BCUT2D eigenvalue weighted by Gasteiger charge is -2.11. The molecule has 1 saturated heterocycles. The van der Waals surface area contributed by atoms with Crippen LogP contribution in [-0.2, 0) is 13.1 Å². The molecule has 4 heteroatoms. The summed E-state index contributed by atoms with van der Waals surface area (Å²) in [6.07, 6.45) is 6.54. The van der Waals surface area contributed by atoms with E-state index in [9.17, 15) is 0 Å². The van der Waals surface area contributed by atoms with Crippen molar-refractivity contribution in [1.82, 2.24) is 14.5 Å². The van der Waals surface area contributed by atoms with Gasteiger partial charge in [0, 0.05) is 30.4 Å². The Labute approximate surface area is 159 Å². The fraction of sp³-hybridized carbons (Fsp3) is 0.261. The number of oxazole rings is 1. The molecule has 0 aliphatic carbocycles. The van der Waals surface area contributed by atoms with Crippen LogP contribution in [0.25, 0.3) is 22.4 Å². The van der Waals surface area contributed by atoms with E-state index in [-0.39, 0.29) is 0 Å². The first-order valence-corrected chi connectivity index (χ1v) is 9.65. The lowest BCUT2D eigenvalue weighted by atomic mass is 10.1. The number of fused-ring (bicyclic) bond motifs is 1. The topological polar surface area (TPSA) is 34.2 Å². The molecule has 0 spiro atoms. The van der Waals surface area contributed by atoms with Crippen LogP contribution in [0.5, 0.6) is 0 Å². The van der Waals surface area contributed by atoms with Crippen molar-refractivity contribution in [3.63, 3.8) is 0 Å². The van der Waals surface area contributed by atoms with Gasteiger partial charge in [0.15, 0.2) is 0 Å². The first-order valence-electron chi connectivity index (χ1n) is 9.65. The van der Waals surface area contributed by atoms with Crippen LogP contribution in [0.15, 0.2) is 71.5 Å². The maximum absolute atomic E-state index is 5.72. The predicted molar refractivity (Wildman–Crippen MR) is 107 cm³/mol. The molecular formula is C23H23N3O. The number of hydrogen-bond donors (Lipinski definition) is 0. The fourth-order valence-corrected chi connectivity index (χ4v) is 3.91. The van der Waals surface area contributed by atoms with E-state index in [1.54, 1.807) is 6.26 Å². The van der Waals surface area contributed by atoms with Crippen LogP contribution in [0.3, 0.4) is 0 Å². The summed E-state index contributed by atoms with van der Waals surface area (Å²) in [6, 6.07) is 19.2. The largest absolute Gasteiger partial charge is 0.444 e. The van der Waals surface area contributed by atoms with E-state index < -0.39 is 0 Å². The zero-order chi connectivity index (χ0) is 18.1. The Morgan fingerprint density at radius 1 is 0.889 bits per heavy atom. The molecule has 2 aromatic carbocycles. The molecule has 0 saturated carbocycles. The Bertz CT molecular complexity index is 1040. The van der Waals surface area contributed by atoms with Crippen LogP contribution in [-0.4, -0.2) is 27.5 Å². The van der Waals surface area contributed by atoms with Crippen LogP contribution in [0.2, 0.25) is 0 Å². The maximum atomic E-state index is 5.72. The Hall–Kier alpha value is -2.85. The summed E-state index contributed by atoms with van der Waals surface area (Å²) in [7, 11) is 0. The molecule has 0 N–H and O–H groups in total. The maximum Gasteiger partial charge on any atom is 0.226 e. The second-order valence-corrected chi connectivity index (χ2v) is 7.33. The summed E-state index contributed by atoms with van der Waals surface area (Å²) in [6.45, 7) is 4.10. The average Bonchev–Trinajstić information content (AvgIpc) is 3.45. The van der Waals surface area contributed by atoms with Crippen LogP contribution < -0.4 is 0 Å². The van der Waals surface area contributed by atoms with Crippen LogP contribution in [0.1, 0.15) is 24.1 Å². The summed E-state index contributed by atoms with van der Waals surface area (Å²) in [5.74, 6) is 0.710. The summed E-state index contributed by atoms with van der Waals surface area (Å²) in [5.41, 5.74) is 4.59. The number of nitrogens with zero attached hydrogens (tertiary/aromatic N) is 3. The van der Waals surface area contributed by atoms with Crippen molar-refractivity contribution in [3.05, 3.63) is 78.3 Å². The van der Waals surface area contributed by atoms with E-state index in [1.807, 2.05) is 0 Å². The van der Waals surface area contributed by atoms with Crippen LogP contribution in [0, 0.1) is 0 Å². The second kappa shape index (κ2) is 7.05. The predicted octanol–water partition coefficient (Wildman–Crippen LogP) is 4.94. The molecule has 1 aliphatic heterocycles. The summed E-state index contributed by atoms with van der Waals surface area (Å²) in [5, 5.41) is 1.28. The van der Waals surface area contributed by atoms with E-state index in [2.05, 4.69) is 75.2 Å². The van der Waals surface area contributed by atoms with Crippen molar-refractivity contribution >= 4 is 10.9 Å². The third-order valence-electron chi connectivity index (χ3n) is 5.37. The summed E-state index contributed by atoms with van der Waals surface area (Å²) in [4.78, 5) is 7.11. The average molecular weight is 357 g/mol. The van der Waals surface area contributed by atoms with Gasteiger partial charge < -0.3 is 8.98 Å².